The van der Waals surface area contributed by atoms with Gasteiger partial charge < -0.3 is 19.5 Å². The van der Waals surface area contributed by atoms with E-state index >= 15 is 0 Å². The number of carbonyl (C=O) groups is 1. The van der Waals surface area contributed by atoms with E-state index in [0.717, 1.165) is 70.2 Å². The molecule has 0 atom stereocenters. The van der Waals surface area contributed by atoms with Gasteiger partial charge in [0, 0.05) is 17.6 Å². The second-order valence-electron chi connectivity index (χ2n) is 9.36. The van der Waals surface area contributed by atoms with Gasteiger partial charge in [-0.1, -0.05) is 36.4 Å². The summed E-state index contributed by atoms with van der Waals surface area (Å²) in [5.41, 5.74) is 4.95. The van der Waals surface area contributed by atoms with Crippen molar-refractivity contribution < 1.29 is 19.0 Å². The third-order valence-corrected chi connectivity index (χ3v) is 7.93. The third kappa shape index (κ3) is 5.43. The molecule has 6 rings (SSSR count). The van der Waals surface area contributed by atoms with E-state index in [1.165, 1.54) is 10.4 Å². The molecular weight excluding hydrogens is 496 g/mol. The number of hydrogen-bond acceptors (Lipinski definition) is 6. The molecule has 3 aromatic carbocycles. The first-order valence-corrected chi connectivity index (χ1v) is 13.7. The molecule has 0 saturated heterocycles. The van der Waals surface area contributed by atoms with Crippen LogP contribution in [0.5, 0.6) is 17.2 Å². The van der Waals surface area contributed by atoms with Crippen molar-refractivity contribution in [1.29, 1.82) is 0 Å². The van der Waals surface area contributed by atoms with Gasteiger partial charge in [-0.05, 0) is 84.3 Å². The highest BCUT2D eigenvalue weighted by Crippen LogP contribution is 2.40. The molecule has 6 nitrogen and oxygen atoms in total. The van der Waals surface area contributed by atoms with E-state index in [4.69, 9.17) is 19.2 Å². The Hall–Kier alpha value is -4.10. The minimum Gasteiger partial charge on any atom is -0.489 e. The van der Waals surface area contributed by atoms with Crippen LogP contribution in [-0.2, 0) is 26.0 Å². The number of aryl methyl sites for hydroxylation is 1. The van der Waals surface area contributed by atoms with Crippen LogP contribution in [0, 0.1) is 0 Å². The van der Waals surface area contributed by atoms with Crippen molar-refractivity contribution in [3.63, 3.8) is 0 Å². The standard InChI is InChI=1S/C31H28N2O4S/c34-30(32-17-21-6-2-1-3-7-21)29-25-8-4-5-9-28(25)38-31(29)33-18-22-10-13-24(14-11-22)35-19-23-12-15-26-27(16-23)37-20-36-26/h1-3,6-7,10-16,18H,4-5,8-9,17,19-20H2,(H,32,34). The SMILES string of the molecule is O=C(NCc1ccccc1)c1c(N=Cc2ccc(OCc3ccc4c(c3)OCO4)cc2)sc2c1CCCC2. The number of hydrogen-bond donors (Lipinski definition) is 1. The summed E-state index contributed by atoms with van der Waals surface area (Å²) in [5, 5.41) is 3.88. The summed E-state index contributed by atoms with van der Waals surface area (Å²) in [6, 6.07) is 23.6. The van der Waals surface area contributed by atoms with Crippen LogP contribution in [0.25, 0.3) is 0 Å². The van der Waals surface area contributed by atoms with Crippen LogP contribution in [0.2, 0.25) is 0 Å². The Labute approximate surface area is 225 Å². The average Bonchev–Trinajstić information content (AvgIpc) is 3.59. The van der Waals surface area contributed by atoms with Crippen molar-refractivity contribution in [3.05, 3.63) is 105 Å². The molecule has 2 heterocycles. The summed E-state index contributed by atoms with van der Waals surface area (Å²) >= 11 is 1.65. The molecule has 1 aliphatic heterocycles. The Balaban J connectivity index is 1.13. The number of benzene rings is 3. The fourth-order valence-electron chi connectivity index (χ4n) is 4.72. The van der Waals surface area contributed by atoms with Crippen LogP contribution in [0.4, 0.5) is 5.00 Å². The first-order valence-electron chi connectivity index (χ1n) is 12.8. The van der Waals surface area contributed by atoms with Gasteiger partial charge in [0.15, 0.2) is 11.5 Å². The monoisotopic (exact) mass is 524 g/mol. The molecule has 7 heteroatoms. The van der Waals surface area contributed by atoms with Gasteiger partial charge in [0.1, 0.15) is 17.4 Å². The molecular formula is C31H28N2O4S. The number of ether oxygens (including phenoxy) is 3. The maximum Gasteiger partial charge on any atom is 0.254 e. The quantitative estimate of drug-likeness (QED) is 0.263. The molecule has 1 amide bonds. The molecule has 0 saturated carbocycles. The lowest BCUT2D eigenvalue weighted by Crippen LogP contribution is -2.24. The highest BCUT2D eigenvalue weighted by molar-refractivity contribution is 7.16. The predicted octanol–water partition coefficient (Wildman–Crippen LogP) is 6.62. The van der Waals surface area contributed by atoms with Crippen LogP contribution in [-0.4, -0.2) is 18.9 Å². The summed E-state index contributed by atoms with van der Waals surface area (Å²) < 4.78 is 16.7. The van der Waals surface area contributed by atoms with Gasteiger partial charge in [-0.2, -0.15) is 0 Å². The van der Waals surface area contributed by atoms with E-state index in [-0.39, 0.29) is 12.7 Å². The van der Waals surface area contributed by atoms with Crippen molar-refractivity contribution in [1.82, 2.24) is 5.32 Å². The molecule has 1 aliphatic carbocycles. The molecule has 192 valence electrons. The number of thiophene rings is 1. The van der Waals surface area contributed by atoms with Gasteiger partial charge in [0.05, 0.1) is 5.56 Å². The number of nitrogens with zero attached hydrogens (tertiary/aromatic N) is 1. The molecule has 1 N–H and O–H groups in total. The van der Waals surface area contributed by atoms with Gasteiger partial charge in [-0.15, -0.1) is 11.3 Å². The van der Waals surface area contributed by atoms with Crippen LogP contribution in [0.15, 0.2) is 77.8 Å². The zero-order valence-corrected chi connectivity index (χ0v) is 21.8. The summed E-state index contributed by atoms with van der Waals surface area (Å²) in [7, 11) is 0. The second-order valence-corrected chi connectivity index (χ2v) is 10.4. The normalized spacial score (nSPS) is 13.9. The Kier molecular flexibility index (Phi) is 7.09. The summed E-state index contributed by atoms with van der Waals surface area (Å²) in [6.45, 7) is 1.20. The minimum atomic E-state index is -0.0485. The van der Waals surface area contributed by atoms with Gasteiger partial charge >= 0.3 is 0 Å². The van der Waals surface area contributed by atoms with Crippen LogP contribution in [0.1, 0.15) is 50.3 Å². The topological polar surface area (TPSA) is 69.2 Å². The second kappa shape index (κ2) is 11.1. The molecule has 2 aliphatic rings. The van der Waals surface area contributed by atoms with Crippen LogP contribution >= 0.6 is 11.3 Å². The van der Waals surface area contributed by atoms with Gasteiger partial charge in [0.25, 0.3) is 5.91 Å². The van der Waals surface area contributed by atoms with Crippen molar-refractivity contribution in [2.24, 2.45) is 4.99 Å². The number of fused-ring (bicyclic) bond motifs is 2. The largest absolute Gasteiger partial charge is 0.489 e. The average molecular weight is 525 g/mol. The lowest BCUT2D eigenvalue weighted by molar-refractivity contribution is 0.0951. The minimum absolute atomic E-state index is 0.0485. The van der Waals surface area contributed by atoms with Gasteiger partial charge in [-0.3, -0.25) is 4.79 Å². The van der Waals surface area contributed by atoms with Crippen molar-refractivity contribution in [2.75, 3.05) is 6.79 Å². The maximum absolute atomic E-state index is 13.3. The van der Waals surface area contributed by atoms with Gasteiger partial charge in [-0.25, -0.2) is 4.99 Å². The number of carbonyl (C=O) groups excluding carboxylic acids is 1. The van der Waals surface area contributed by atoms with Crippen molar-refractivity contribution in [2.45, 2.75) is 38.8 Å². The molecule has 0 fully saturated rings. The zero-order chi connectivity index (χ0) is 25.7. The Morgan fingerprint density at radius 2 is 1.76 bits per heavy atom. The lowest BCUT2D eigenvalue weighted by Gasteiger charge is -2.12. The molecule has 38 heavy (non-hydrogen) atoms. The fourth-order valence-corrected chi connectivity index (χ4v) is 5.95. The predicted molar refractivity (Wildman–Crippen MR) is 149 cm³/mol. The Morgan fingerprint density at radius 3 is 2.63 bits per heavy atom. The van der Waals surface area contributed by atoms with E-state index in [9.17, 15) is 4.79 Å². The molecule has 0 bridgehead atoms. The molecule has 0 radical (unpaired) electrons. The molecule has 0 spiro atoms. The van der Waals surface area contributed by atoms with Crippen molar-refractivity contribution in [3.8, 4) is 17.2 Å². The van der Waals surface area contributed by atoms with E-state index in [0.29, 0.717) is 13.2 Å². The summed E-state index contributed by atoms with van der Waals surface area (Å²) in [4.78, 5) is 19.3. The van der Waals surface area contributed by atoms with Crippen molar-refractivity contribution >= 4 is 28.5 Å². The Morgan fingerprint density at radius 1 is 0.947 bits per heavy atom. The first-order chi connectivity index (χ1) is 18.7. The van der Waals surface area contributed by atoms with E-state index in [1.54, 1.807) is 11.3 Å². The molecule has 1 aromatic heterocycles. The maximum atomic E-state index is 13.3. The van der Waals surface area contributed by atoms with E-state index in [2.05, 4.69) is 5.32 Å². The number of nitrogens with one attached hydrogen (secondary N) is 1. The van der Waals surface area contributed by atoms with Crippen LogP contribution in [0.3, 0.4) is 0 Å². The number of rotatable bonds is 8. The molecule has 0 unspecified atom stereocenters. The van der Waals surface area contributed by atoms with Crippen LogP contribution < -0.4 is 19.5 Å². The fraction of sp³-hybridized carbons (Fsp3) is 0.226. The summed E-state index contributed by atoms with van der Waals surface area (Å²) in [6.07, 6.45) is 6.05. The third-order valence-electron chi connectivity index (χ3n) is 6.73. The molecule has 4 aromatic rings. The summed E-state index contributed by atoms with van der Waals surface area (Å²) in [5.74, 6) is 2.24. The smallest absolute Gasteiger partial charge is 0.254 e. The number of amides is 1. The number of aliphatic imine (C=N–C) groups is 1. The highest BCUT2D eigenvalue weighted by atomic mass is 32.1. The van der Waals surface area contributed by atoms with E-state index in [1.807, 2.05) is 79.0 Å². The van der Waals surface area contributed by atoms with E-state index < -0.39 is 0 Å². The Bertz CT molecular complexity index is 1460. The lowest BCUT2D eigenvalue weighted by atomic mass is 9.95. The van der Waals surface area contributed by atoms with Gasteiger partial charge in [0.2, 0.25) is 6.79 Å². The zero-order valence-electron chi connectivity index (χ0n) is 20.9. The first kappa shape index (κ1) is 24.2. The highest BCUT2D eigenvalue weighted by Gasteiger charge is 2.25.